The summed E-state index contributed by atoms with van der Waals surface area (Å²) in [6.45, 7) is 0. The number of nitrogens with zero attached hydrogens (tertiary/aromatic N) is 3. The predicted octanol–water partition coefficient (Wildman–Crippen LogP) is 7.09. The number of fused-ring (bicyclic) bond motifs is 2. The number of methoxy groups -OCH3 is 1. The van der Waals surface area contributed by atoms with Crippen molar-refractivity contribution in [3.63, 3.8) is 0 Å². The van der Waals surface area contributed by atoms with Gasteiger partial charge in [0.05, 0.1) is 23.2 Å². The maximum absolute atomic E-state index is 12.7. The van der Waals surface area contributed by atoms with Crippen LogP contribution in [-0.2, 0) is 0 Å². The lowest BCUT2D eigenvalue weighted by molar-refractivity contribution is 0.399. The highest BCUT2D eigenvalue weighted by Gasteiger charge is 2.18. The van der Waals surface area contributed by atoms with E-state index in [0.29, 0.717) is 26.8 Å². The van der Waals surface area contributed by atoms with Crippen LogP contribution in [0, 0.1) is 0 Å². The minimum absolute atomic E-state index is 0.216. The van der Waals surface area contributed by atoms with E-state index in [1.807, 2.05) is 78.9 Å². The largest absolute Gasteiger partial charge is 0.490 e. The molecule has 0 bridgehead atoms. The van der Waals surface area contributed by atoms with Gasteiger partial charge in [-0.25, -0.2) is 0 Å². The second kappa shape index (κ2) is 10.2. The van der Waals surface area contributed by atoms with Crippen LogP contribution in [0.4, 0.5) is 11.5 Å². The molecule has 3 aromatic heterocycles. The number of halogens is 1. The van der Waals surface area contributed by atoms with Crippen molar-refractivity contribution in [2.75, 3.05) is 12.4 Å². The van der Waals surface area contributed by atoms with Crippen LogP contribution >= 0.6 is 23.4 Å². The molecule has 0 aliphatic carbocycles. The van der Waals surface area contributed by atoms with E-state index in [2.05, 4.69) is 25.5 Å². The molecular weight excluding hydrogens is 518 g/mol. The average Bonchev–Trinajstić information content (AvgIpc) is 2.95. The van der Waals surface area contributed by atoms with Crippen molar-refractivity contribution in [2.24, 2.45) is 0 Å². The summed E-state index contributed by atoms with van der Waals surface area (Å²) in [5.41, 5.74) is 3.50. The zero-order chi connectivity index (χ0) is 26.1. The van der Waals surface area contributed by atoms with Crippen LogP contribution < -0.4 is 15.6 Å². The van der Waals surface area contributed by atoms with E-state index in [1.165, 1.54) is 18.9 Å². The fourth-order valence-corrected chi connectivity index (χ4v) is 5.52. The first-order chi connectivity index (χ1) is 18.6. The molecule has 9 heteroatoms. The van der Waals surface area contributed by atoms with Crippen molar-refractivity contribution in [3.05, 3.63) is 107 Å². The van der Waals surface area contributed by atoms with Gasteiger partial charge < -0.3 is 15.0 Å². The van der Waals surface area contributed by atoms with E-state index in [0.717, 1.165) is 32.6 Å². The number of anilines is 2. The summed E-state index contributed by atoms with van der Waals surface area (Å²) in [6.07, 6.45) is 1.69. The minimum Gasteiger partial charge on any atom is -0.490 e. The zero-order valence-corrected chi connectivity index (χ0v) is 21.7. The number of hydrogen-bond acceptors (Lipinski definition) is 7. The molecule has 0 amide bonds. The van der Waals surface area contributed by atoms with Gasteiger partial charge in [0, 0.05) is 32.5 Å². The number of nitrogens with one attached hydrogen (secondary N) is 2. The van der Waals surface area contributed by atoms with Crippen molar-refractivity contribution in [2.45, 2.75) is 9.79 Å². The van der Waals surface area contributed by atoms with Gasteiger partial charge in [0.15, 0.2) is 11.6 Å². The monoisotopic (exact) mass is 537 g/mol. The van der Waals surface area contributed by atoms with Crippen LogP contribution in [0.1, 0.15) is 0 Å². The Labute approximate surface area is 226 Å². The highest BCUT2D eigenvalue weighted by Crippen LogP contribution is 2.41. The lowest BCUT2D eigenvalue weighted by Gasteiger charge is -2.15. The van der Waals surface area contributed by atoms with E-state index in [9.17, 15) is 4.79 Å². The number of para-hydroxylation sites is 1. The number of benzene rings is 3. The summed E-state index contributed by atoms with van der Waals surface area (Å²) >= 11 is 7.49. The SMILES string of the molecule is COc1c(Sc2ccccc2Nc2nnc(-c3ccc(Cl)cc3)c3ccccc23)c2ncccc2[nH]c1=O. The molecule has 6 rings (SSSR count). The van der Waals surface area contributed by atoms with Gasteiger partial charge in [-0.05, 0) is 36.4 Å². The molecule has 0 saturated heterocycles. The van der Waals surface area contributed by atoms with Gasteiger partial charge >= 0.3 is 0 Å². The molecule has 0 saturated carbocycles. The zero-order valence-electron chi connectivity index (χ0n) is 20.1. The standard InChI is InChI=1S/C29H20ClN5O2S/c1-37-26-27(25-22(33-29(26)36)10-6-16-31-25)38-23-11-5-4-9-21(23)32-28-20-8-3-2-7-19(20)24(34-35-28)17-12-14-18(30)15-13-17/h2-16H,1H3,(H,32,35)(H,33,36). The molecular formula is C29H20ClN5O2S. The van der Waals surface area contributed by atoms with Gasteiger partial charge in [0.1, 0.15) is 11.2 Å². The Balaban J connectivity index is 1.43. The third-order valence-corrected chi connectivity index (χ3v) is 7.46. The molecule has 0 aliphatic heterocycles. The lowest BCUT2D eigenvalue weighted by Crippen LogP contribution is -2.11. The Morgan fingerprint density at radius 2 is 1.66 bits per heavy atom. The number of aromatic nitrogens is 4. The molecule has 0 unspecified atom stereocenters. The van der Waals surface area contributed by atoms with Crippen LogP contribution in [0.25, 0.3) is 33.1 Å². The van der Waals surface area contributed by atoms with Gasteiger partial charge in [-0.15, -0.1) is 10.2 Å². The number of rotatable bonds is 6. The van der Waals surface area contributed by atoms with Crippen LogP contribution in [-0.4, -0.2) is 27.3 Å². The van der Waals surface area contributed by atoms with Gasteiger partial charge in [-0.1, -0.05) is 71.9 Å². The number of hydrogen-bond donors (Lipinski definition) is 2. The first kappa shape index (κ1) is 24.0. The third-order valence-electron chi connectivity index (χ3n) is 6.04. The van der Waals surface area contributed by atoms with Gasteiger partial charge in [0.2, 0.25) is 0 Å². The summed E-state index contributed by atoms with van der Waals surface area (Å²) in [5, 5.41) is 15.1. The van der Waals surface area contributed by atoms with Gasteiger partial charge in [-0.3, -0.25) is 9.78 Å². The summed E-state index contributed by atoms with van der Waals surface area (Å²) in [5.74, 6) is 0.834. The fraction of sp³-hybridized carbons (Fsp3) is 0.0345. The molecule has 3 heterocycles. The van der Waals surface area contributed by atoms with Crippen LogP contribution in [0.5, 0.6) is 5.75 Å². The van der Waals surface area contributed by atoms with Crippen LogP contribution in [0.15, 0.2) is 106 Å². The molecule has 7 nitrogen and oxygen atoms in total. The summed E-state index contributed by atoms with van der Waals surface area (Å²) < 4.78 is 5.48. The lowest BCUT2D eigenvalue weighted by atomic mass is 10.0. The highest BCUT2D eigenvalue weighted by molar-refractivity contribution is 7.99. The molecule has 6 aromatic rings. The number of H-pyrrole nitrogens is 1. The Morgan fingerprint density at radius 3 is 2.47 bits per heavy atom. The normalized spacial score (nSPS) is 11.1. The Bertz CT molecular complexity index is 1860. The first-order valence-electron chi connectivity index (χ1n) is 11.7. The molecule has 0 spiro atoms. The molecule has 0 atom stereocenters. The predicted molar refractivity (Wildman–Crippen MR) is 153 cm³/mol. The summed E-state index contributed by atoms with van der Waals surface area (Å²) in [6, 6.07) is 27.0. The maximum Gasteiger partial charge on any atom is 0.292 e. The molecule has 0 fully saturated rings. The number of pyridine rings is 2. The number of ether oxygens (including phenoxy) is 1. The quantitative estimate of drug-likeness (QED) is 0.234. The molecule has 0 aliphatic rings. The Morgan fingerprint density at radius 1 is 0.895 bits per heavy atom. The fourth-order valence-electron chi connectivity index (χ4n) is 4.27. The Hall–Kier alpha value is -4.40. The Kier molecular flexibility index (Phi) is 6.41. The second-order valence-corrected chi connectivity index (χ2v) is 9.88. The van der Waals surface area contributed by atoms with Crippen molar-refractivity contribution >= 4 is 56.7 Å². The topological polar surface area (TPSA) is 92.8 Å². The molecule has 186 valence electrons. The van der Waals surface area contributed by atoms with E-state index in [1.54, 1.807) is 12.3 Å². The van der Waals surface area contributed by atoms with Crippen molar-refractivity contribution in [1.82, 2.24) is 20.2 Å². The van der Waals surface area contributed by atoms with E-state index >= 15 is 0 Å². The first-order valence-corrected chi connectivity index (χ1v) is 12.9. The molecule has 2 N–H and O–H groups in total. The van der Waals surface area contributed by atoms with Crippen LogP contribution in [0.2, 0.25) is 5.02 Å². The highest BCUT2D eigenvalue weighted by atomic mass is 35.5. The molecule has 0 radical (unpaired) electrons. The van der Waals surface area contributed by atoms with Crippen LogP contribution in [0.3, 0.4) is 0 Å². The van der Waals surface area contributed by atoms with Crippen molar-refractivity contribution in [1.29, 1.82) is 0 Å². The van der Waals surface area contributed by atoms with Crippen molar-refractivity contribution < 1.29 is 4.74 Å². The molecule has 3 aromatic carbocycles. The minimum atomic E-state index is -0.310. The van der Waals surface area contributed by atoms with Crippen molar-refractivity contribution in [3.8, 4) is 17.0 Å². The van der Waals surface area contributed by atoms with Gasteiger partial charge in [0.25, 0.3) is 5.56 Å². The summed E-state index contributed by atoms with van der Waals surface area (Å²) in [7, 11) is 1.48. The molecule has 38 heavy (non-hydrogen) atoms. The maximum atomic E-state index is 12.7. The third kappa shape index (κ3) is 4.44. The van der Waals surface area contributed by atoms with Gasteiger partial charge in [-0.2, -0.15) is 0 Å². The smallest absolute Gasteiger partial charge is 0.292 e. The summed E-state index contributed by atoms with van der Waals surface area (Å²) in [4.78, 5) is 21.5. The van der Waals surface area contributed by atoms with E-state index < -0.39 is 0 Å². The number of aromatic amines is 1. The van der Waals surface area contributed by atoms with E-state index in [4.69, 9.17) is 16.3 Å². The second-order valence-electron chi connectivity index (χ2n) is 8.39. The van der Waals surface area contributed by atoms with E-state index in [-0.39, 0.29) is 11.3 Å². The average molecular weight is 538 g/mol.